The van der Waals surface area contributed by atoms with E-state index < -0.39 is 0 Å². The average molecular weight is 231 g/mol. The number of aliphatic hydroxyl groups is 1. The second kappa shape index (κ2) is 3.84. The van der Waals surface area contributed by atoms with Crippen LogP contribution in [0.25, 0.3) is 0 Å². The van der Waals surface area contributed by atoms with Crippen LogP contribution in [0.4, 0.5) is 0 Å². The molecule has 1 N–H and O–H groups in total. The molecular weight excluding hydrogens is 216 g/mol. The maximum atomic E-state index is 9.44. The lowest BCUT2D eigenvalue weighted by Crippen LogP contribution is -2.26. The Labute approximate surface area is 93.7 Å². The quantitative estimate of drug-likeness (QED) is 0.841. The smallest absolute Gasteiger partial charge is 0.0931 e. The zero-order valence-electron chi connectivity index (χ0n) is 8.29. The lowest BCUT2D eigenvalue weighted by molar-refractivity contribution is 0.120. The highest BCUT2D eigenvalue weighted by atomic mass is 35.5. The van der Waals surface area contributed by atoms with Gasteiger partial charge in [0.1, 0.15) is 0 Å². The Morgan fingerprint density at radius 2 is 2.29 bits per heavy atom. The molecule has 0 saturated heterocycles. The fraction of sp³-hybridized carbons (Fsp3) is 0.636. The Hall–Kier alpha value is -0.0500. The summed E-state index contributed by atoms with van der Waals surface area (Å²) in [5.74, 6) is 0.716. The Kier molecular flexibility index (Phi) is 2.87. The molecule has 1 nitrogen and oxygen atoms in total. The van der Waals surface area contributed by atoms with E-state index in [1.807, 2.05) is 6.07 Å². The van der Waals surface area contributed by atoms with Crippen molar-refractivity contribution in [3.63, 3.8) is 0 Å². The van der Waals surface area contributed by atoms with Crippen molar-refractivity contribution in [3.8, 4) is 0 Å². The van der Waals surface area contributed by atoms with Crippen LogP contribution in [-0.2, 0) is 6.42 Å². The molecule has 0 amide bonds. The summed E-state index contributed by atoms with van der Waals surface area (Å²) in [5.41, 5.74) is 0.0776. The second-order valence-corrected chi connectivity index (χ2v) is 6.27. The SMILES string of the molecule is CC(CO)(Cc1ccc(Cl)s1)C1CC1. The van der Waals surface area contributed by atoms with E-state index in [9.17, 15) is 5.11 Å². The van der Waals surface area contributed by atoms with Crippen LogP contribution in [0.15, 0.2) is 12.1 Å². The van der Waals surface area contributed by atoms with Crippen molar-refractivity contribution in [3.05, 3.63) is 21.3 Å². The second-order valence-electron chi connectivity index (χ2n) is 4.47. The predicted octanol–water partition coefficient (Wildman–Crippen LogP) is 3.35. The minimum Gasteiger partial charge on any atom is -0.396 e. The maximum absolute atomic E-state index is 9.44. The molecule has 14 heavy (non-hydrogen) atoms. The molecule has 1 unspecified atom stereocenters. The summed E-state index contributed by atoms with van der Waals surface area (Å²) in [5, 5.41) is 9.44. The highest BCUT2D eigenvalue weighted by Gasteiger charge is 2.41. The van der Waals surface area contributed by atoms with Crippen molar-refractivity contribution in [2.45, 2.75) is 26.2 Å². The van der Waals surface area contributed by atoms with Crippen molar-refractivity contribution in [1.82, 2.24) is 0 Å². The van der Waals surface area contributed by atoms with E-state index in [1.165, 1.54) is 17.7 Å². The molecule has 0 aromatic carbocycles. The van der Waals surface area contributed by atoms with Crippen molar-refractivity contribution in [2.75, 3.05) is 6.61 Å². The van der Waals surface area contributed by atoms with Crippen molar-refractivity contribution >= 4 is 22.9 Å². The summed E-state index contributed by atoms with van der Waals surface area (Å²) in [6, 6.07) is 4.01. The monoisotopic (exact) mass is 230 g/mol. The predicted molar refractivity (Wildman–Crippen MR) is 60.9 cm³/mol. The molecule has 0 spiro atoms. The first-order chi connectivity index (χ1) is 6.64. The van der Waals surface area contributed by atoms with Crippen molar-refractivity contribution in [2.24, 2.45) is 11.3 Å². The van der Waals surface area contributed by atoms with E-state index in [0.717, 1.165) is 10.8 Å². The summed E-state index contributed by atoms with van der Waals surface area (Å²) in [4.78, 5) is 1.29. The van der Waals surface area contributed by atoms with Crippen LogP contribution in [0.3, 0.4) is 0 Å². The van der Waals surface area contributed by atoms with Crippen molar-refractivity contribution < 1.29 is 5.11 Å². The van der Waals surface area contributed by atoms with Crippen LogP contribution < -0.4 is 0 Å². The van der Waals surface area contributed by atoms with Crippen LogP contribution in [0.1, 0.15) is 24.6 Å². The third-order valence-corrected chi connectivity index (χ3v) is 4.36. The number of thiophene rings is 1. The average Bonchev–Trinajstić information content (AvgIpc) is 2.93. The van der Waals surface area contributed by atoms with Crippen LogP contribution in [-0.4, -0.2) is 11.7 Å². The number of aliphatic hydroxyl groups excluding tert-OH is 1. The molecule has 3 heteroatoms. The molecule has 1 aromatic heterocycles. The fourth-order valence-electron chi connectivity index (χ4n) is 1.95. The number of halogens is 1. The third-order valence-electron chi connectivity index (χ3n) is 3.13. The highest BCUT2D eigenvalue weighted by Crippen LogP contribution is 2.47. The fourth-order valence-corrected chi connectivity index (χ4v) is 3.24. The summed E-state index contributed by atoms with van der Waals surface area (Å²) in [6.45, 7) is 2.46. The molecule has 0 aliphatic heterocycles. The minimum absolute atomic E-state index is 0.0776. The van der Waals surface area contributed by atoms with Crippen LogP contribution in [0.5, 0.6) is 0 Å². The van der Waals surface area contributed by atoms with Gasteiger partial charge < -0.3 is 5.11 Å². The normalized spacial score (nSPS) is 20.8. The molecule has 1 fully saturated rings. The van der Waals surface area contributed by atoms with Gasteiger partial charge in [0, 0.05) is 11.5 Å². The van der Waals surface area contributed by atoms with Crippen LogP contribution in [0, 0.1) is 11.3 Å². The maximum Gasteiger partial charge on any atom is 0.0931 e. The van der Waals surface area contributed by atoms with Crippen molar-refractivity contribution in [1.29, 1.82) is 0 Å². The number of hydrogen-bond acceptors (Lipinski definition) is 2. The molecule has 1 aliphatic rings. The first-order valence-corrected chi connectivity index (χ1v) is 6.18. The van der Waals surface area contributed by atoms with Crippen LogP contribution in [0.2, 0.25) is 4.34 Å². The molecule has 78 valence electrons. The number of hydrogen-bond donors (Lipinski definition) is 1. The summed E-state index contributed by atoms with van der Waals surface area (Å²) in [7, 11) is 0. The lowest BCUT2D eigenvalue weighted by Gasteiger charge is -2.26. The van der Waals surface area contributed by atoms with E-state index in [0.29, 0.717) is 5.92 Å². The first kappa shape index (κ1) is 10.5. The van der Waals surface area contributed by atoms with Gasteiger partial charge in [-0.15, -0.1) is 11.3 Å². The molecular formula is C11H15ClOS. The number of rotatable bonds is 4. The zero-order valence-corrected chi connectivity index (χ0v) is 9.87. The lowest BCUT2D eigenvalue weighted by atomic mass is 9.82. The summed E-state index contributed by atoms with van der Waals surface area (Å²) >= 11 is 7.51. The van der Waals surface area contributed by atoms with Gasteiger partial charge in [-0.2, -0.15) is 0 Å². The van der Waals surface area contributed by atoms with Gasteiger partial charge in [0.15, 0.2) is 0 Å². The minimum atomic E-state index is 0.0776. The Bertz CT molecular complexity index is 319. The van der Waals surface area contributed by atoms with Gasteiger partial charge in [-0.1, -0.05) is 18.5 Å². The largest absolute Gasteiger partial charge is 0.396 e. The Morgan fingerprint density at radius 3 is 2.71 bits per heavy atom. The van der Waals surface area contributed by atoms with E-state index in [2.05, 4.69) is 13.0 Å². The molecule has 1 atom stereocenters. The molecule has 0 bridgehead atoms. The standard InChI is InChI=1S/C11H15ClOS/c1-11(7-13,8-2-3-8)6-9-4-5-10(12)14-9/h4-5,8,13H,2-3,6-7H2,1H3. The van der Waals surface area contributed by atoms with Gasteiger partial charge >= 0.3 is 0 Å². The van der Waals surface area contributed by atoms with E-state index in [-0.39, 0.29) is 12.0 Å². The molecule has 1 aromatic rings. The first-order valence-electron chi connectivity index (χ1n) is 4.99. The van der Waals surface area contributed by atoms with Gasteiger partial charge in [0.05, 0.1) is 4.34 Å². The Balaban J connectivity index is 2.07. The molecule has 0 radical (unpaired) electrons. The van der Waals surface area contributed by atoms with Gasteiger partial charge in [0.25, 0.3) is 0 Å². The molecule has 1 saturated carbocycles. The summed E-state index contributed by atoms with van der Waals surface area (Å²) < 4.78 is 0.844. The topological polar surface area (TPSA) is 20.2 Å². The molecule has 1 heterocycles. The van der Waals surface area contributed by atoms with E-state index >= 15 is 0 Å². The van der Waals surface area contributed by atoms with E-state index in [1.54, 1.807) is 11.3 Å². The van der Waals surface area contributed by atoms with Gasteiger partial charge in [-0.25, -0.2) is 0 Å². The van der Waals surface area contributed by atoms with Crippen LogP contribution >= 0.6 is 22.9 Å². The zero-order chi connectivity index (χ0) is 10.2. The van der Waals surface area contributed by atoms with Gasteiger partial charge in [-0.3, -0.25) is 0 Å². The highest BCUT2D eigenvalue weighted by molar-refractivity contribution is 7.16. The molecule has 2 rings (SSSR count). The third kappa shape index (κ3) is 2.13. The van der Waals surface area contributed by atoms with Gasteiger partial charge in [-0.05, 0) is 42.7 Å². The summed E-state index contributed by atoms with van der Waals surface area (Å²) in [6.07, 6.45) is 3.51. The van der Waals surface area contributed by atoms with Gasteiger partial charge in [0.2, 0.25) is 0 Å². The Morgan fingerprint density at radius 1 is 1.57 bits per heavy atom. The molecule has 1 aliphatic carbocycles. The van der Waals surface area contributed by atoms with E-state index in [4.69, 9.17) is 11.6 Å².